The van der Waals surface area contributed by atoms with Crippen LogP contribution in [0.25, 0.3) is 33.0 Å². The molecule has 1 amide bonds. The van der Waals surface area contributed by atoms with E-state index in [1.54, 1.807) is 30.1 Å². The number of carbonyl (C=O) groups is 1. The van der Waals surface area contributed by atoms with Gasteiger partial charge in [0, 0.05) is 24.7 Å². The van der Waals surface area contributed by atoms with Crippen molar-refractivity contribution in [3.63, 3.8) is 0 Å². The Bertz CT molecular complexity index is 1500. The molecule has 0 aliphatic rings. The van der Waals surface area contributed by atoms with Crippen molar-refractivity contribution in [1.82, 2.24) is 19.6 Å². The Hall–Kier alpha value is -3.88. The molecule has 0 radical (unpaired) electrons. The van der Waals surface area contributed by atoms with Crippen LogP contribution in [0.15, 0.2) is 46.2 Å². The lowest BCUT2D eigenvalue weighted by Crippen LogP contribution is -2.45. The van der Waals surface area contributed by atoms with Crippen molar-refractivity contribution < 1.29 is 18.8 Å². The monoisotopic (exact) mass is 506 g/mol. The molecule has 0 unspecified atom stereocenters. The lowest BCUT2D eigenvalue weighted by Gasteiger charge is -2.32. The fourth-order valence-corrected chi connectivity index (χ4v) is 4.52. The molecule has 4 rings (SSSR count). The molecule has 0 spiro atoms. The van der Waals surface area contributed by atoms with Gasteiger partial charge in [-0.05, 0) is 64.5 Å². The molecular weight excluding hydrogens is 472 g/mol. The number of pyridine rings is 2. The third-order valence-corrected chi connectivity index (χ3v) is 6.09. The summed E-state index contributed by atoms with van der Waals surface area (Å²) in [5, 5.41) is 3.41. The van der Waals surface area contributed by atoms with Crippen LogP contribution in [0.2, 0.25) is 0 Å². The van der Waals surface area contributed by atoms with Crippen LogP contribution in [0.1, 0.15) is 53.7 Å². The summed E-state index contributed by atoms with van der Waals surface area (Å²) in [4.78, 5) is 41.2. The number of aromatic nitrogens is 3. The van der Waals surface area contributed by atoms with Gasteiger partial charge < -0.3 is 18.6 Å². The maximum absolute atomic E-state index is 13.3. The highest BCUT2D eigenvalue weighted by molar-refractivity contribution is 6.08. The van der Waals surface area contributed by atoms with Crippen molar-refractivity contribution in [2.75, 3.05) is 0 Å². The van der Waals surface area contributed by atoms with Crippen LogP contribution in [0.3, 0.4) is 0 Å². The highest BCUT2D eigenvalue weighted by Gasteiger charge is 2.30. The SMILES string of the molecule is Cc1nccc2c1c(=O)n(C)c1cc(ON(C(=O)OC(C)(C)C)[C@@H](C)CC(C)C)c(-c3cnco3)cc21. The molecular formula is C28H34N4O5. The Kier molecular flexibility index (Phi) is 6.99. The smallest absolute Gasteiger partial charge is 0.443 e. The first-order valence-corrected chi connectivity index (χ1v) is 12.4. The minimum absolute atomic E-state index is 0.163. The Morgan fingerprint density at radius 1 is 1.19 bits per heavy atom. The number of nitrogens with zero attached hydrogens (tertiary/aromatic N) is 4. The predicted molar refractivity (Wildman–Crippen MR) is 142 cm³/mol. The summed E-state index contributed by atoms with van der Waals surface area (Å²) in [6, 6.07) is 5.19. The molecule has 196 valence electrons. The van der Waals surface area contributed by atoms with Gasteiger partial charge in [0.05, 0.1) is 34.4 Å². The van der Waals surface area contributed by atoms with Crippen molar-refractivity contribution in [2.24, 2.45) is 13.0 Å². The summed E-state index contributed by atoms with van der Waals surface area (Å²) in [5.74, 6) is 1.12. The molecule has 0 aliphatic carbocycles. The number of ether oxygens (including phenoxy) is 1. The second kappa shape index (κ2) is 9.88. The summed E-state index contributed by atoms with van der Waals surface area (Å²) < 4.78 is 12.9. The Labute approximate surface area is 216 Å². The fourth-order valence-electron chi connectivity index (χ4n) is 4.52. The largest absolute Gasteiger partial charge is 0.443 e. The van der Waals surface area contributed by atoms with Crippen LogP contribution in [-0.2, 0) is 11.8 Å². The first kappa shape index (κ1) is 26.2. The Morgan fingerprint density at radius 2 is 1.92 bits per heavy atom. The van der Waals surface area contributed by atoms with Crippen LogP contribution in [0, 0.1) is 12.8 Å². The first-order chi connectivity index (χ1) is 17.4. The van der Waals surface area contributed by atoms with E-state index in [4.69, 9.17) is 14.0 Å². The van der Waals surface area contributed by atoms with Crippen molar-refractivity contribution in [3.05, 3.63) is 53.0 Å². The van der Waals surface area contributed by atoms with Crippen LogP contribution in [0.5, 0.6) is 5.75 Å². The molecule has 37 heavy (non-hydrogen) atoms. The van der Waals surface area contributed by atoms with Gasteiger partial charge in [-0.2, -0.15) is 0 Å². The number of aryl methyl sites for hydroxylation is 2. The molecule has 1 aromatic carbocycles. The molecule has 0 fully saturated rings. The van der Waals surface area contributed by atoms with Gasteiger partial charge >= 0.3 is 6.09 Å². The summed E-state index contributed by atoms with van der Waals surface area (Å²) in [6.45, 7) is 13.3. The van der Waals surface area contributed by atoms with E-state index in [0.717, 1.165) is 10.8 Å². The average molecular weight is 507 g/mol. The number of rotatable bonds is 6. The quantitative estimate of drug-likeness (QED) is 0.233. The van der Waals surface area contributed by atoms with Gasteiger partial charge in [-0.3, -0.25) is 9.78 Å². The fraction of sp³-hybridized carbons (Fsp3) is 0.429. The summed E-state index contributed by atoms with van der Waals surface area (Å²) >= 11 is 0. The van der Waals surface area contributed by atoms with Crippen molar-refractivity contribution in [2.45, 2.75) is 66.5 Å². The number of hydroxylamine groups is 2. The number of fused-ring (bicyclic) bond motifs is 3. The Balaban J connectivity index is 1.95. The number of benzene rings is 1. The normalized spacial score (nSPS) is 12.8. The van der Waals surface area contributed by atoms with Gasteiger partial charge in [-0.15, -0.1) is 5.06 Å². The van der Waals surface area contributed by atoms with E-state index in [0.29, 0.717) is 46.0 Å². The maximum Gasteiger partial charge on any atom is 0.443 e. The van der Waals surface area contributed by atoms with Crippen LogP contribution in [-0.4, -0.2) is 37.3 Å². The van der Waals surface area contributed by atoms with Crippen molar-refractivity contribution in [3.8, 4) is 17.1 Å². The molecule has 0 N–H and O–H groups in total. The number of carbonyl (C=O) groups excluding carboxylic acids is 1. The zero-order valence-electron chi connectivity index (χ0n) is 22.7. The predicted octanol–water partition coefficient (Wildman–Crippen LogP) is 6.02. The van der Waals surface area contributed by atoms with E-state index in [1.165, 1.54) is 11.5 Å². The van der Waals surface area contributed by atoms with Crippen molar-refractivity contribution >= 4 is 27.8 Å². The topological polar surface area (TPSA) is 99.7 Å². The molecule has 4 aromatic rings. The van der Waals surface area contributed by atoms with Crippen molar-refractivity contribution in [1.29, 1.82) is 0 Å². The molecule has 3 heterocycles. The van der Waals surface area contributed by atoms with Gasteiger partial charge in [0.15, 0.2) is 17.9 Å². The number of oxazole rings is 1. The lowest BCUT2D eigenvalue weighted by atomic mass is 10.0. The summed E-state index contributed by atoms with van der Waals surface area (Å²) in [7, 11) is 1.71. The highest BCUT2D eigenvalue weighted by atomic mass is 16.7. The van der Waals surface area contributed by atoms with E-state index in [9.17, 15) is 9.59 Å². The van der Waals surface area contributed by atoms with Crippen LogP contribution >= 0.6 is 0 Å². The molecule has 0 bridgehead atoms. The highest BCUT2D eigenvalue weighted by Crippen LogP contribution is 2.37. The standard InChI is InChI=1S/C28H34N4O5/c1-16(2)11-17(3)32(27(34)36-28(5,6)7)37-23-13-22-20(12-21(23)24-14-29-15-35-24)19-9-10-30-18(4)25(19)26(33)31(22)8/h9-10,12-17H,11H2,1-8H3/t17-/m0/s1. The van der Waals surface area contributed by atoms with E-state index in [2.05, 4.69) is 23.8 Å². The van der Waals surface area contributed by atoms with E-state index in [-0.39, 0.29) is 11.6 Å². The minimum Gasteiger partial charge on any atom is -0.443 e. The molecule has 1 atom stereocenters. The number of amides is 1. The molecule has 3 aromatic heterocycles. The summed E-state index contributed by atoms with van der Waals surface area (Å²) in [5.41, 5.74) is 1.01. The number of hydrogen-bond donors (Lipinski definition) is 0. The average Bonchev–Trinajstić information content (AvgIpc) is 3.33. The minimum atomic E-state index is -0.706. The molecule has 9 heteroatoms. The van der Waals surface area contributed by atoms with E-state index >= 15 is 0 Å². The van der Waals surface area contributed by atoms with Gasteiger partial charge in [-0.1, -0.05) is 13.8 Å². The maximum atomic E-state index is 13.3. The van der Waals surface area contributed by atoms with Crippen LogP contribution < -0.4 is 10.4 Å². The third kappa shape index (κ3) is 5.30. The molecule has 0 saturated carbocycles. The van der Waals surface area contributed by atoms with E-state index in [1.807, 2.05) is 46.8 Å². The van der Waals surface area contributed by atoms with Gasteiger partial charge in [0.25, 0.3) is 5.56 Å². The Morgan fingerprint density at radius 3 is 2.54 bits per heavy atom. The van der Waals surface area contributed by atoms with Gasteiger partial charge in [-0.25, -0.2) is 9.78 Å². The zero-order chi connectivity index (χ0) is 27.1. The third-order valence-electron chi connectivity index (χ3n) is 6.09. The van der Waals surface area contributed by atoms with Gasteiger partial charge in [0.1, 0.15) is 5.60 Å². The first-order valence-electron chi connectivity index (χ1n) is 12.4. The summed E-state index contributed by atoms with van der Waals surface area (Å²) in [6.07, 6.45) is 4.70. The van der Waals surface area contributed by atoms with Gasteiger partial charge in [0.2, 0.25) is 0 Å². The lowest BCUT2D eigenvalue weighted by molar-refractivity contribution is -0.0963. The second-order valence-corrected chi connectivity index (χ2v) is 10.8. The molecule has 0 aliphatic heterocycles. The molecule has 0 saturated heterocycles. The van der Waals surface area contributed by atoms with E-state index < -0.39 is 11.7 Å². The number of hydrogen-bond acceptors (Lipinski definition) is 7. The molecule has 9 nitrogen and oxygen atoms in total. The zero-order valence-corrected chi connectivity index (χ0v) is 22.7. The van der Waals surface area contributed by atoms with Crippen LogP contribution in [0.4, 0.5) is 4.79 Å². The second-order valence-electron chi connectivity index (χ2n) is 10.8.